The maximum atomic E-state index is 13.7. The second kappa shape index (κ2) is 9.14. The van der Waals surface area contributed by atoms with Gasteiger partial charge in [0.2, 0.25) is 0 Å². The highest BCUT2D eigenvalue weighted by Crippen LogP contribution is 2.52. The lowest BCUT2D eigenvalue weighted by Crippen LogP contribution is -2.63. The average Bonchev–Trinajstić information content (AvgIpc) is 2.51. The molecule has 0 aromatic carbocycles. The van der Waals surface area contributed by atoms with Crippen molar-refractivity contribution in [2.45, 2.75) is 50.4 Å². The Morgan fingerprint density at radius 2 is 1.31 bits per heavy atom. The van der Waals surface area contributed by atoms with Crippen molar-refractivity contribution in [3.05, 3.63) is 12.1 Å². The molecule has 0 bridgehead atoms. The number of ether oxygens (including phenoxy) is 3. The highest BCUT2D eigenvalue weighted by Gasteiger charge is 2.81. The van der Waals surface area contributed by atoms with Gasteiger partial charge in [-0.1, -0.05) is 20.3 Å². The van der Waals surface area contributed by atoms with Gasteiger partial charge >= 0.3 is 42.3 Å². The zero-order valence-electron chi connectivity index (χ0n) is 14.3. The van der Waals surface area contributed by atoms with Gasteiger partial charge in [-0.3, -0.25) is 4.74 Å². The molecule has 2 unspecified atom stereocenters. The number of rotatable bonds is 11. The first-order valence-electron chi connectivity index (χ1n) is 7.31. The van der Waals surface area contributed by atoms with Gasteiger partial charge in [-0.15, -0.1) is 0 Å². The van der Waals surface area contributed by atoms with Crippen LogP contribution < -0.4 is 0 Å². The zero-order valence-corrected chi connectivity index (χ0v) is 14.3. The molecule has 0 aliphatic heterocycles. The molecule has 0 aromatic rings. The van der Waals surface area contributed by atoms with Crippen LogP contribution in [0.1, 0.15) is 20.3 Å². The second-order valence-corrected chi connectivity index (χ2v) is 5.60. The molecule has 3 nitrogen and oxygen atoms in total. The van der Waals surface area contributed by atoms with Crippen molar-refractivity contribution in [2.75, 3.05) is 13.2 Å². The summed E-state index contributed by atoms with van der Waals surface area (Å²) in [5, 5.41) is 0. The van der Waals surface area contributed by atoms with Gasteiger partial charge in [-0.25, -0.2) is 0 Å². The lowest BCUT2D eigenvalue weighted by atomic mass is 10.1. The number of hydrogen-bond donors (Lipinski definition) is 0. The van der Waals surface area contributed by atoms with Gasteiger partial charge in [0.05, 0.1) is 0 Å². The van der Waals surface area contributed by atoms with Gasteiger partial charge in [-0.2, -0.15) is 57.1 Å². The molecule has 174 valence electrons. The Labute approximate surface area is 154 Å². The van der Waals surface area contributed by atoms with E-state index in [2.05, 4.69) is 9.47 Å². The van der Waals surface area contributed by atoms with E-state index in [9.17, 15) is 57.1 Å². The van der Waals surface area contributed by atoms with Gasteiger partial charge < -0.3 is 9.47 Å². The summed E-state index contributed by atoms with van der Waals surface area (Å²) < 4.78 is 176. The third-order valence-electron chi connectivity index (χ3n) is 3.18. The van der Waals surface area contributed by atoms with E-state index < -0.39 is 61.4 Å². The Hall–Kier alpha value is -1.45. The molecule has 0 radical (unpaired) electrons. The predicted molar refractivity (Wildman–Crippen MR) is 67.5 cm³/mol. The highest BCUT2D eigenvalue weighted by molar-refractivity contribution is 4.94. The highest BCUT2D eigenvalue weighted by atomic mass is 19.4. The molecule has 0 spiro atoms. The molecule has 16 heteroatoms. The molecule has 0 N–H and O–H groups in total. The molecule has 29 heavy (non-hydrogen) atoms. The largest absolute Gasteiger partial charge is 0.471 e. The molecule has 0 saturated carbocycles. The quantitative estimate of drug-likeness (QED) is 0.271. The number of hydrogen-bond acceptors (Lipinski definition) is 3. The first kappa shape index (κ1) is 27.5. The van der Waals surface area contributed by atoms with Crippen molar-refractivity contribution in [1.29, 1.82) is 0 Å². The van der Waals surface area contributed by atoms with E-state index in [1.54, 1.807) is 0 Å². The van der Waals surface area contributed by atoms with Gasteiger partial charge in [-0.05, 0) is 5.92 Å². The van der Waals surface area contributed by atoms with Crippen LogP contribution in [0.3, 0.4) is 0 Å². The predicted octanol–water partition coefficient (Wildman–Crippen LogP) is 6.17. The van der Waals surface area contributed by atoms with E-state index in [4.69, 9.17) is 0 Å². The molecule has 0 aliphatic rings. The maximum Gasteiger partial charge on any atom is 0.471 e. The SMILES string of the molecule is CCC(C)COCC(F)(F)C(F)(F)OC(F)(C(F)(F)F)C(F)(F)OC(F)=C(F)F. The lowest BCUT2D eigenvalue weighted by Gasteiger charge is -2.37. The van der Waals surface area contributed by atoms with Crippen LogP contribution in [0.4, 0.5) is 57.1 Å². The monoisotopic (exact) mass is 464 g/mol. The Balaban J connectivity index is 5.83. The Morgan fingerprint density at radius 3 is 1.69 bits per heavy atom. The summed E-state index contributed by atoms with van der Waals surface area (Å²) >= 11 is 0. The van der Waals surface area contributed by atoms with Crippen molar-refractivity contribution in [3.63, 3.8) is 0 Å². The minimum Gasteiger partial charge on any atom is -0.398 e. The van der Waals surface area contributed by atoms with Crippen LogP contribution in [0.15, 0.2) is 12.1 Å². The van der Waals surface area contributed by atoms with Crippen LogP contribution >= 0.6 is 0 Å². The zero-order chi connectivity index (χ0) is 23.5. The molecule has 2 atom stereocenters. The normalized spacial score (nSPS) is 16.9. The summed E-state index contributed by atoms with van der Waals surface area (Å²) in [7, 11) is 0. The van der Waals surface area contributed by atoms with Crippen LogP contribution in [-0.2, 0) is 14.2 Å². The molecule has 0 fully saturated rings. The summed E-state index contributed by atoms with van der Waals surface area (Å²) in [6.45, 7) is -0.0844. The maximum absolute atomic E-state index is 13.7. The molecule has 0 heterocycles. The number of halogens is 13. The van der Waals surface area contributed by atoms with Crippen molar-refractivity contribution >= 4 is 0 Å². The van der Waals surface area contributed by atoms with Crippen LogP contribution in [0, 0.1) is 5.92 Å². The fourth-order valence-corrected chi connectivity index (χ4v) is 1.34. The summed E-state index contributed by atoms with van der Waals surface area (Å²) in [6.07, 6.45) is -24.4. The minimum absolute atomic E-state index is 0.300. The summed E-state index contributed by atoms with van der Waals surface area (Å²) in [5.74, 6) is -13.5. The van der Waals surface area contributed by atoms with E-state index in [-0.39, 0.29) is 0 Å². The third kappa shape index (κ3) is 6.52. The van der Waals surface area contributed by atoms with E-state index in [0.717, 1.165) is 0 Å². The smallest absolute Gasteiger partial charge is 0.398 e. The Morgan fingerprint density at radius 1 is 0.828 bits per heavy atom. The van der Waals surface area contributed by atoms with Crippen molar-refractivity contribution in [2.24, 2.45) is 5.92 Å². The summed E-state index contributed by atoms with van der Waals surface area (Å²) in [5.41, 5.74) is 0. The Bertz CT molecular complexity index is 571. The van der Waals surface area contributed by atoms with Gasteiger partial charge in [0.15, 0.2) is 0 Å². The van der Waals surface area contributed by atoms with Crippen LogP contribution in [-0.4, -0.2) is 43.4 Å². The molecule has 0 amide bonds. The first-order chi connectivity index (χ1) is 12.7. The van der Waals surface area contributed by atoms with Crippen molar-refractivity contribution in [3.8, 4) is 0 Å². The van der Waals surface area contributed by atoms with Crippen molar-refractivity contribution in [1.82, 2.24) is 0 Å². The topological polar surface area (TPSA) is 27.7 Å². The molecule has 0 rings (SSSR count). The Kier molecular flexibility index (Phi) is 8.68. The van der Waals surface area contributed by atoms with Gasteiger partial charge in [0.25, 0.3) is 0 Å². The van der Waals surface area contributed by atoms with Gasteiger partial charge in [0.1, 0.15) is 6.61 Å². The standard InChI is InChI=1S/C13H13F13O3/c1-3-6(2)4-27-5-9(17,18)12(23,24)29-10(19,11(20,21)22)13(25,26)28-8(16)7(14)15/h6H,3-5H2,1-2H3. The minimum atomic E-state index is -7.28. The fourth-order valence-electron chi connectivity index (χ4n) is 1.34. The van der Waals surface area contributed by atoms with Gasteiger partial charge in [0, 0.05) is 6.61 Å². The molecule has 0 aromatic heterocycles. The fraction of sp³-hybridized carbons (Fsp3) is 0.846. The average molecular weight is 464 g/mol. The van der Waals surface area contributed by atoms with Crippen molar-refractivity contribution < 1.29 is 71.3 Å². The summed E-state index contributed by atoms with van der Waals surface area (Å²) in [6, 6.07) is -3.79. The number of alkyl halides is 10. The molecular weight excluding hydrogens is 451 g/mol. The first-order valence-corrected chi connectivity index (χ1v) is 7.31. The third-order valence-corrected chi connectivity index (χ3v) is 3.18. The molecular formula is C13H13F13O3. The summed E-state index contributed by atoms with van der Waals surface area (Å²) in [4.78, 5) is 0. The van der Waals surface area contributed by atoms with E-state index >= 15 is 0 Å². The van der Waals surface area contributed by atoms with E-state index in [0.29, 0.717) is 6.42 Å². The van der Waals surface area contributed by atoms with E-state index in [1.807, 2.05) is 4.74 Å². The van der Waals surface area contributed by atoms with Crippen LogP contribution in [0.5, 0.6) is 0 Å². The van der Waals surface area contributed by atoms with Crippen LogP contribution in [0.25, 0.3) is 0 Å². The van der Waals surface area contributed by atoms with E-state index in [1.165, 1.54) is 13.8 Å². The molecule has 0 aliphatic carbocycles. The van der Waals surface area contributed by atoms with Crippen LogP contribution in [0.2, 0.25) is 0 Å². The lowest BCUT2D eigenvalue weighted by molar-refractivity contribution is -0.517. The second-order valence-electron chi connectivity index (χ2n) is 5.60. The molecule has 0 saturated heterocycles.